The first-order chi connectivity index (χ1) is 7.98. The molecule has 0 aliphatic carbocycles. The number of hydroxylamine groups is 2. The molecular formula is C10H10N2O4S. The maximum absolute atomic E-state index is 11.8. The minimum atomic E-state index is -1.38. The van der Waals surface area contributed by atoms with Gasteiger partial charge >= 0.3 is 12.0 Å². The molecule has 1 saturated heterocycles. The van der Waals surface area contributed by atoms with Crippen LogP contribution in [0, 0.1) is 0 Å². The topological polar surface area (TPSA) is 81.1 Å². The second kappa shape index (κ2) is 2.99. The van der Waals surface area contributed by atoms with E-state index in [0.717, 1.165) is 5.56 Å². The van der Waals surface area contributed by atoms with E-state index in [1.807, 2.05) is 0 Å². The Morgan fingerprint density at radius 1 is 1.65 bits per heavy atom. The zero-order chi connectivity index (χ0) is 12.4. The van der Waals surface area contributed by atoms with Gasteiger partial charge in [0.1, 0.15) is 6.04 Å². The zero-order valence-electron chi connectivity index (χ0n) is 8.95. The summed E-state index contributed by atoms with van der Waals surface area (Å²) in [6.07, 6.45) is 0. The monoisotopic (exact) mass is 254 g/mol. The third-order valence-electron chi connectivity index (χ3n) is 3.53. The predicted octanol–water partition coefficient (Wildman–Crippen LogP) is 1.23. The van der Waals surface area contributed by atoms with E-state index >= 15 is 0 Å². The standard InChI is InChI=1S/C10H10N2O4S/c1-10(8(13)14)7-5(2-3-17-7)6-4-11(10)9(15)12(6)16/h2-3,6,16H,4H2,1H3,(H,13,14)/t6-,10-/m0/s1. The number of rotatable bonds is 1. The quantitative estimate of drug-likeness (QED) is 0.738. The van der Waals surface area contributed by atoms with Gasteiger partial charge in [0.05, 0.1) is 6.54 Å². The number of fused-ring (bicyclic) bond motifs is 4. The van der Waals surface area contributed by atoms with E-state index in [1.54, 1.807) is 11.4 Å². The molecule has 2 aliphatic heterocycles. The van der Waals surface area contributed by atoms with Crippen LogP contribution in [0.15, 0.2) is 11.4 Å². The first kappa shape index (κ1) is 10.5. The summed E-state index contributed by atoms with van der Waals surface area (Å²) in [4.78, 5) is 25.1. The Balaban J connectivity index is 2.27. The minimum Gasteiger partial charge on any atom is -0.479 e. The summed E-state index contributed by atoms with van der Waals surface area (Å²) in [7, 11) is 0. The summed E-state index contributed by atoms with van der Waals surface area (Å²) in [5.41, 5.74) is -0.654. The van der Waals surface area contributed by atoms with Crippen LogP contribution in [0.1, 0.15) is 23.4 Å². The maximum atomic E-state index is 11.8. The molecule has 6 nitrogen and oxygen atoms in total. The van der Waals surface area contributed by atoms with Crippen molar-refractivity contribution in [3.63, 3.8) is 0 Å². The molecule has 17 heavy (non-hydrogen) atoms. The van der Waals surface area contributed by atoms with Crippen LogP contribution in [0.25, 0.3) is 0 Å². The molecule has 2 amide bonds. The van der Waals surface area contributed by atoms with Crippen LogP contribution in [-0.4, -0.2) is 38.8 Å². The Labute approximate surface area is 101 Å². The molecule has 0 spiro atoms. The fourth-order valence-electron chi connectivity index (χ4n) is 2.50. The summed E-state index contributed by atoms with van der Waals surface area (Å²) in [5, 5.41) is 21.5. The molecule has 1 aromatic heterocycles. The van der Waals surface area contributed by atoms with Crippen LogP contribution in [0.4, 0.5) is 4.79 Å². The molecule has 1 fully saturated rings. The normalized spacial score (nSPS) is 30.7. The first-order valence-corrected chi connectivity index (χ1v) is 5.97. The van der Waals surface area contributed by atoms with Crippen molar-refractivity contribution in [2.45, 2.75) is 18.5 Å². The molecule has 90 valence electrons. The average molecular weight is 254 g/mol. The lowest BCUT2D eigenvalue weighted by Gasteiger charge is -2.36. The number of hydrogen-bond acceptors (Lipinski definition) is 4. The Hall–Kier alpha value is -1.60. The van der Waals surface area contributed by atoms with E-state index in [4.69, 9.17) is 0 Å². The fraction of sp³-hybridized carbons (Fsp3) is 0.400. The van der Waals surface area contributed by atoms with Crippen molar-refractivity contribution in [2.24, 2.45) is 0 Å². The van der Waals surface area contributed by atoms with Crippen LogP contribution >= 0.6 is 11.3 Å². The number of carbonyl (C=O) groups excluding carboxylic acids is 1. The van der Waals surface area contributed by atoms with Crippen molar-refractivity contribution < 1.29 is 19.9 Å². The van der Waals surface area contributed by atoms with Gasteiger partial charge in [-0.1, -0.05) is 0 Å². The second-order valence-corrected chi connectivity index (χ2v) is 5.25. The third kappa shape index (κ3) is 1.03. The van der Waals surface area contributed by atoms with Gasteiger partial charge in [0.15, 0.2) is 5.54 Å². The number of nitrogens with zero attached hydrogens (tertiary/aromatic N) is 2. The van der Waals surface area contributed by atoms with Gasteiger partial charge in [-0.2, -0.15) is 5.06 Å². The Morgan fingerprint density at radius 2 is 2.35 bits per heavy atom. The molecule has 2 bridgehead atoms. The lowest BCUT2D eigenvalue weighted by Crippen LogP contribution is -2.52. The summed E-state index contributed by atoms with van der Waals surface area (Å²) in [5.74, 6) is -1.08. The van der Waals surface area contributed by atoms with Gasteiger partial charge in [0.25, 0.3) is 0 Å². The maximum Gasteiger partial charge on any atom is 0.345 e. The van der Waals surface area contributed by atoms with Crippen molar-refractivity contribution in [1.29, 1.82) is 0 Å². The lowest BCUT2D eigenvalue weighted by molar-refractivity contribution is -0.149. The Morgan fingerprint density at radius 3 is 3.00 bits per heavy atom. The first-order valence-electron chi connectivity index (χ1n) is 5.09. The van der Waals surface area contributed by atoms with Crippen molar-refractivity contribution in [3.8, 4) is 0 Å². The average Bonchev–Trinajstić information content (AvgIpc) is 2.85. The molecule has 0 unspecified atom stereocenters. The molecule has 7 heteroatoms. The van der Waals surface area contributed by atoms with E-state index in [-0.39, 0.29) is 6.54 Å². The molecule has 1 aromatic rings. The summed E-state index contributed by atoms with van der Waals surface area (Å²) in [6.45, 7) is 1.71. The fourth-order valence-corrected chi connectivity index (χ4v) is 3.62. The van der Waals surface area contributed by atoms with E-state index in [9.17, 15) is 19.9 Å². The molecule has 0 aromatic carbocycles. The van der Waals surface area contributed by atoms with E-state index in [1.165, 1.54) is 23.2 Å². The molecule has 3 heterocycles. The third-order valence-corrected chi connectivity index (χ3v) is 4.67. The molecule has 0 saturated carbocycles. The van der Waals surface area contributed by atoms with Gasteiger partial charge in [-0.25, -0.2) is 9.59 Å². The number of hydrogen-bond donors (Lipinski definition) is 2. The van der Waals surface area contributed by atoms with Crippen LogP contribution in [0.2, 0.25) is 0 Å². The predicted molar refractivity (Wildman–Crippen MR) is 57.8 cm³/mol. The molecule has 3 rings (SSSR count). The van der Waals surface area contributed by atoms with Gasteiger partial charge in [-0.3, -0.25) is 10.1 Å². The van der Waals surface area contributed by atoms with Gasteiger partial charge in [0.2, 0.25) is 0 Å². The zero-order valence-corrected chi connectivity index (χ0v) is 9.77. The van der Waals surface area contributed by atoms with Crippen LogP contribution < -0.4 is 0 Å². The Bertz CT molecular complexity index is 528. The molecule has 2 N–H and O–H groups in total. The highest BCUT2D eigenvalue weighted by Crippen LogP contribution is 2.48. The van der Waals surface area contributed by atoms with Gasteiger partial charge in [0, 0.05) is 4.88 Å². The molecule has 0 radical (unpaired) electrons. The van der Waals surface area contributed by atoms with E-state index < -0.39 is 23.6 Å². The smallest absolute Gasteiger partial charge is 0.345 e. The summed E-state index contributed by atoms with van der Waals surface area (Å²) >= 11 is 1.30. The van der Waals surface area contributed by atoms with E-state index in [0.29, 0.717) is 9.94 Å². The van der Waals surface area contributed by atoms with Crippen molar-refractivity contribution in [1.82, 2.24) is 9.96 Å². The van der Waals surface area contributed by atoms with E-state index in [2.05, 4.69) is 0 Å². The summed E-state index contributed by atoms with van der Waals surface area (Å²) < 4.78 is 0. The molecular weight excluding hydrogens is 244 g/mol. The van der Waals surface area contributed by atoms with Crippen molar-refractivity contribution >= 4 is 23.3 Å². The van der Waals surface area contributed by atoms with Crippen LogP contribution in [0.3, 0.4) is 0 Å². The highest BCUT2D eigenvalue weighted by Gasteiger charge is 2.58. The van der Waals surface area contributed by atoms with Crippen molar-refractivity contribution in [3.05, 3.63) is 21.9 Å². The number of thiophene rings is 1. The number of urea groups is 1. The highest BCUT2D eigenvalue weighted by atomic mass is 32.1. The van der Waals surface area contributed by atoms with Crippen LogP contribution in [-0.2, 0) is 10.3 Å². The van der Waals surface area contributed by atoms with Crippen LogP contribution in [0.5, 0.6) is 0 Å². The second-order valence-electron chi connectivity index (χ2n) is 4.34. The van der Waals surface area contributed by atoms with Crippen molar-refractivity contribution in [2.75, 3.05) is 6.54 Å². The SMILES string of the molecule is C[C@@]1(C(=O)O)c2sccc2[C@@H]2CN1C(=O)N2O. The largest absolute Gasteiger partial charge is 0.479 e. The van der Waals surface area contributed by atoms with Gasteiger partial charge in [-0.05, 0) is 23.9 Å². The minimum absolute atomic E-state index is 0.210. The van der Waals surface area contributed by atoms with Gasteiger partial charge < -0.3 is 5.11 Å². The van der Waals surface area contributed by atoms with Gasteiger partial charge in [-0.15, -0.1) is 11.3 Å². The molecule has 2 atom stereocenters. The summed E-state index contributed by atoms with van der Waals surface area (Å²) in [6, 6.07) is 0.671. The number of carboxylic acid groups (broad SMARTS) is 1. The Kier molecular flexibility index (Phi) is 1.86. The number of aliphatic carboxylic acids is 1. The number of carboxylic acids is 1. The number of carbonyl (C=O) groups is 2. The molecule has 2 aliphatic rings. The number of amides is 2. The highest BCUT2D eigenvalue weighted by molar-refractivity contribution is 7.10. The lowest BCUT2D eigenvalue weighted by atomic mass is 9.89.